The normalized spacial score (nSPS) is 12.9. The molecule has 86 heavy (non-hydrogen) atoms. The number of amidine groups is 1. The molecule has 0 saturated heterocycles. The summed E-state index contributed by atoms with van der Waals surface area (Å²) in [7, 11) is 0. The van der Waals surface area contributed by atoms with Gasteiger partial charge >= 0.3 is 18.1 Å². The molecule has 26 heteroatoms. The largest absolute Gasteiger partial charge is 0.445 e. The highest BCUT2D eigenvalue weighted by Crippen LogP contribution is 2.32. The van der Waals surface area contributed by atoms with Crippen molar-refractivity contribution < 1.29 is 70.1 Å². The Morgan fingerprint density at radius 3 is 2.10 bits per heavy atom. The average Bonchev–Trinajstić information content (AvgIpc) is 3.84. The molecule has 10 N–H and O–H groups in total. The molecule has 3 aromatic carbocycles. The van der Waals surface area contributed by atoms with Crippen molar-refractivity contribution in [2.45, 2.75) is 131 Å². The summed E-state index contributed by atoms with van der Waals surface area (Å²) in [6, 6.07) is 9.77. The van der Waals surface area contributed by atoms with Crippen LogP contribution in [0.25, 0.3) is 6.08 Å². The van der Waals surface area contributed by atoms with Crippen molar-refractivity contribution in [3.8, 4) is 5.75 Å². The summed E-state index contributed by atoms with van der Waals surface area (Å²) >= 11 is 0. The lowest BCUT2D eigenvalue weighted by Gasteiger charge is -2.31. The number of nitrogens with zero attached hydrogens (tertiary/aromatic N) is 3. The first-order valence-electron chi connectivity index (χ1n) is 27.9. The number of fused-ring (bicyclic) bond motifs is 1. The molecule has 0 radical (unpaired) electrons. The Labute approximate surface area is 496 Å². The second kappa shape index (κ2) is 31.3. The number of carbonyl (C=O) groups excluding carboxylic acids is 8. The minimum absolute atomic E-state index is 0.00264. The van der Waals surface area contributed by atoms with Crippen LogP contribution in [0.4, 0.5) is 44.2 Å². The fourth-order valence-electron chi connectivity index (χ4n) is 8.49. The van der Waals surface area contributed by atoms with E-state index in [9.17, 15) is 55.9 Å². The van der Waals surface area contributed by atoms with Crippen LogP contribution in [0.1, 0.15) is 127 Å². The number of anilines is 2. The number of halogens is 4. The predicted octanol–water partition coefficient (Wildman–Crippen LogP) is 7.96. The number of nitrogens with one attached hydrogen (secondary N) is 6. The molecule has 464 valence electrons. The maximum atomic E-state index is 14.2. The van der Waals surface area contributed by atoms with Crippen LogP contribution in [-0.4, -0.2) is 107 Å². The van der Waals surface area contributed by atoms with Crippen molar-refractivity contribution >= 4 is 76.6 Å². The van der Waals surface area contributed by atoms with E-state index in [2.05, 4.69) is 41.9 Å². The van der Waals surface area contributed by atoms with Gasteiger partial charge in [0.1, 0.15) is 24.5 Å². The molecule has 0 aliphatic carbocycles. The van der Waals surface area contributed by atoms with Crippen molar-refractivity contribution in [2.24, 2.45) is 27.8 Å². The molecule has 0 spiro atoms. The third-order valence-electron chi connectivity index (χ3n) is 13.4. The van der Waals surface area contributed by atoms with Crippen molar-refractivity contribution in [1.29, 1.82) is 0 Å². The van der Waals surface area contributed by atoms with E-state index in [4.69, 9.17) is 25.7 Å². The lowest BCUT2D eigenvalue weighted by Crippen LogP contribution is -2.54. The van der Waals surface area contributed by atoms with Crippen molar-refractivity contribution in [3.63, 3.8) is 0 Å². The van der Waals surface area contributed by atoms with E-state index >= 15 is 0 Å². The van der Waals surface area contributed by atoms with E-state index in [1.165, 1.54) is 26.2 Å². The van der Waals surface area contributed by atoms with Crippen molar-refractivity contribution in [1.82, 2.24) is 31.2 Å². The van der Waals surface area contributed by atoms with Gasteiger partial charge in [0.25, 0.3) is 5.91 Å². The van der Waals surface area contributed by atoms with Gasteiger partial charge in [-0.05, 0) is 113 Å². The number of esters is 1. The standard InChI is InChI=1S/C60H75F4N11O11/c1-9-22-75(23-10-2)55(80)39-25-37-15-16-38(26-45(37)72-46(65)27-39)52(77)71-41-24-36(29-67-31-41)30-69-58(83)84-32-35-13-17-40(18-14-35)70-53(78)44(12-11-21-68-57(66)82)73-54(79)50(34(3)4)74-47(76)19-20-60(7,8)85-33-59(5,6)56(81)86-51-48(63)42(61)28-43(62)49(51)64/h13-18,24-26,28-29,31,34,44,50H,9-12,19-23,27,30,32-33H2,1-8H3,(H2,65,72)(H,69,83)(H,70,78)(H,71,77)(H,73,79)(H,74,76)(H3,66,68,82)/t44-,50-/m0/s1. The van der Waals surface area contributed by atoms with Crippen molar-refractivity contribution in [2.75, 3.05) is 36.9 Å². The number of ether oxygens (including phenoxy) is 3. The number of amides is 8. The molecule has 1 aromatic heterocycles. The van der Waals surface area contributed by atoms with Gasteiger partial charge < -0.3 is 62.5 Å². The maximum Gasteiger partial charge on any atom is 0.407 e. The third-order valence-corrected chi connectivity index (χ3v) is 13.4. The van der Waals surface area contributed by atoms with Gasteiger partial charge in [-0.3, -0.25) is 33.8 Å². The number of hydrogen-bond acceptors (Lipinski definition) is 14. The highest BCUT2D eigenvalue weighted by atomic mass is 19.2. The van der Waals surface area contributed by atoms with E-state index in [-0.39, 0.29) is 75.2 Å². The Morgan fingerprint density at radius 1 is 0.791 bits per heavy atom. The smallest absolute Gasteiger partial charge is 0.407 e. The Kier molecular flexibility index (Phi) is 24.7. The Bertz CT molecular complexity index is 3160. The summed E-state index contributed by atoms with van der Waals surface area (Å²) in [5.41, 5.74) is 12.4. The molecule has 0 saturated carbocycles. The molecule has 0 fully saturated rings. The summed E-state index contributed by atoms with van der Waals surface area (Å²) in [4.78, 5) is 115. The van der Waals surface area contributed by atoms with E-state index in [0.29, 0.717) is 52.4 Å². The second-order valence-corrected chi connectivity index (χ2v) is 22.1. The van der Waals surface area contributed by atoms with Gasteiger partial charge in [-0.2, -0.15) is 8.78 Å². The topological polar surface area (TPSA) is 317 Å². The molecule has 8 amide bonds. The maximum absolute atomic E-state index is 14.2. The zero-order valence-electron chi connectivity index (χ0n) is 49.4. The number of hydrogen-bond donors (Lipinski definition) is 8. The van der Waals surface area contributed by atoms with Crippen LogP contribution in [0.15, 0.2) is 77.6 Å². The first-order chi connectivity index (χ1) is 40.6. The second-order valence-electron chi connectivity index (χ2n) is 22.1. The summed E-state index contributed by atoms with van der Waals surface area (Å²) in [5.74, 6) is -12.8. The molecule has 22 nitrogen and oxygen atoms in total. The Morgan fingerprint density at radius 2 is 1.47 bits per heavy atom. The number of primary amides is 1. The minimum atomic E-state index is -1.89. The number of aliphatic imine (C=N–C) groups is 1. The SMILES string of the molecule is CCCN(CCC)C(=O)C1=Cc2ccc(C(=O)Nc3cncc(CNC(=O)OCc4ccc(NC(=O)[C@H](CCCNC(N)=O)NC(=O)[C@@H](NC(=O)CCC(C)(C)OCC(C)(C)C(=O)Oc5c(F)c(F)cc(F)c5F)C(C)C)cc4)c3)cc2N=C(N)C1. The third kappa shape index (κ3) is 20.4. The number of alkyl carbamates (subject to hydrolysis) is 1. The van der Waals surface area contributed by atoms with Crippen LogP contribution in [0.2, 0.25) is 0 Å². The minimum Gasteiger partial charge on any atom is -0.445 e. The monoisotopic (exact) mass is 1200 g/mol. The van der Waals surface area contributed by atoms with Gasteiger partial charge in [0.05, 0.1) is 35.2 Å². The molecule has 4 aromatic rings. The number of urea groups is 1. The van der Waals surface area contributed by atoms with Crippen LogP contribution >= 0.6 is 0 Å². The van der Waals surface area contributed by atoms with Gasteiger partial charge in [0.15, 0.2) is 11.6 Å². The van der Waals surface area contributed by atoms with E-state index < -0.39 is 106 Å². The lowest BCUT2D eigenvalue weighted by atomic mass is 9.94. The molecule has 1 aliphatic heterocycles. The highest BCUT2D eigenvalue weighted by Gasteiger charge is 2.36. The summed E-state index contributed by atoms with van der Waals surface area (Å²) in [5, 5.41) is 16.0. The van der Waals surface area contributed by atoms with Crippen LogP contribution < -0.4 is 48.1 Å². The van der Waals surface area contributed by atoms with Crippen LogP contribution in [0, 0.1) is 34.6 Å². The molecular weight excluding hydrogens is 1130 g/mol. The van der Waals surface area contributed by atoms with E-state index in [1.54, 1.807) is 87.2 Å². The molecule has 0 bridgehead atoms. The molecule has 5 rings (SSSR count). The summed E-state index contributed by atoms with van der Waals surface area (Å²) < 4.78 is 71.8. The van der Waals surface area contributed by atoms with Crippen LogP contribution in [0.5, 0.6) is 5.75 Å². The average molecular weight is 1200 g/mol. The Hall–Kier alpha value is -8.94. The number of rotatable bonds is 29. The van der Waals surface area contributed by atoms with Crippen LogP contribution in [-0.2, 0) is 46.6 Å². The molecule has 0 unspecified atom stereocenters. The summed E-state index contributed by atoms with van der Waals surface area (Å²) in [6.45, 7) is 14.0. The first kappa shape index (κ1) is 67.8. The number of nitrogens with two attached hydrogens (primary N) is 2. The fraction of sp³-hybridized carbons (Fsp3) is 0.433. The van der Waals surface area contributed by atoms with E-state index in [1.807, 2.05) is 13.8 Å². The summed E-state index contributed by atoms with van der Waals surface area (Å²) in [6.07, 6.45) is 5.87. The molecular formula is C60H75F4N11O11. The van der Waals surface area contributed by atoms with Gasteiger partial charge in [-0.25, -0.2) is 23.4 Å². The first-order valence-corrected chi connectivity index (χ1v) is 27.9. The van der Waals surface area contributed by atoms with Crippen LogP contribution in [0.3, 0.4) is 0 Å². The van der Waals surface area contributed by atoms with E-state index in [0.717, 1.165) is 12.8 Å². The number of benzene rings is 3. The zero-order chi connectivity index (χ0) is 63.5. The predicted molar refractivity (Wildman–Crippen MR) is 312 cm³/mol. The molecule has 1 aliphatic rings. The number of carbonyl (C=O) groups is 8. The zero-order valence-corrected chi connectivity index (χ0v) is 49.4. The number of aromatic nitrogens is 1. The van der Waals surface area contributed by atoms with Gasteiger partial charge in [-0.15, -0.1) is 0 Å². The molecule has 2 atom stereocenters. The number of pyridine rings is 1. The lowest BCUT2D eigenvalue weighted by molar-refractivity contribution is -0.152. The van der Waals surface area contributed by atoms with Gasteiger partial charge in [0, 0.05) is 73.7 Å². The fourth-order valence-corrected chi connectivity index (χ4v) is 8.49. The Balaban J connectivity index is 1.10. The highest BCUT2D eigenvalue weighted by molar-refractivity contribution is 6.08. The van der Waals surface area contributed by atoms with Gasteiger partial charge in [-0.1, -0.05) is 45.9 Å². The van der Waals surface area contributed by atoms with Gasteiger partial charge in [0.2, 0.25) is 41.0 Å². The quantitative estimate of drug-likeness (QED) is 0.00842. The molecule has 2 heterocycles. The van der Waals surface area contributed by atoms with Crippen molar-refractivity contribution in [3.05, 3.63) is 118 Å².